The molecule has 0 N–H and O–H groups in total. The maximum absolute atomic E-state index is 2.40. The van der Waals surface area contributed by atoms with Gasteiger partial charge in [-0.1, -0.05) is 170 Å². The minimum Gasteiger partial charge on any atom is -0.310 e. The van der Waals surface area contributed by atoms with E-state index in [1.807, 2.05) is 0 Å². The fourth-order valence-corrected chi connectivity index (χ4v) is 8.92. The first-order valence-electron chi connectivity index (χ1n) is 19.9. The topological polar surface area (TPSA) is 8.17 Å². The average Bonchev–Trinajstić information content (AvgIpc) is 3.64. The van der Waals surface area contributed by atoms with Crippen LogP contribution in [0.25, 0.3) is 82.4 Å². The number of aromatic nitrogens is 1. The Morgan fingerprint density at radius 2 is 0.776 bits per heavy atom. The quantitative estimate of drug-likeness (QED) is 0.148. The normalized spacial score (nSPS) is 11.4. The summed E-state index contributed by atoms with van der Waals surface area (Å²) in [5.74, 6) is 0. The van der Waals surface area contributed by atoms with Crippen molar-refractivity contribution in [1.82, 2.24) is 4.57 Å². The summed E-state index contributed by atoms with van der Waals surface area (Å²) < 4.78 is 2.38. The van der Waals surface area contributed by atoms with Gasteiger partial charge in [-0.25, -0.2) is 0 Å². The Bertz CT molecular complexity index is 3230. The van der Waals surface area contributed by atoms with Gasteiger partial charge in [-0.3, -0.25) is 0 Å². The third kappa shape index (κ3) is 5.74. The number of para-hydroxylation sites is 2. The summed E-state index contributed by atoms with van der Waals surface area (Å²) in [6.07, 6.45) is 0. The summed E-state index contributed by atoms with van der Waals surface area (Å²) in [7, 11) is 0. The molecule has 11 aromatic rings. The van der Waals surface area contributed by atoms with Crippen molar-refractivity contribution < 1.29 is 0 Å². The van der Waals surface area contributed by atoms with Crippen LogP contribution in [0, 0.1) is 0 Å². The van der Waals surface area contributed by atoms with E-state index in [1.165, 1.54) is 76.7 Å². The fourth-order valence-electron chi connectivity index (χ4n) is 8.92. The molecular formula is C56H38N2. The van der Waals surface area contributed by atoms with E-state index in [4.69, 9.17) is 0 Å². The lowest BCUT2D eigenvalue weighted by atomic mass is 9.94. The molecule has 0 aliphatic carbocycles. The first kappa shape index (κ1) is 33.6. The Balaban J connectivity index is 1.08. The first-order chi connectivity index (χ1) is 28.8. The molecule has 2 heteroatoms. The summed E-state index contributed by atoms with van der Waals surface area (Å²) in [5.41, 5.74) is 14.0. The molecule has 11 rings (SSSR count). The SMILES string of the molecule is c1ccc(-c2ccccc2-c2cccc(N(c3ccc(-n4c5ccccc5c5ccccc54)cc3)c3cccc(-c4cccc5c4ccc4ccccc45)c3)c2)cc1. The van der Waals surface area contributed by atoms with Crippen molar-refractivity contribution in [1.29, 1.82) is 0 Å². The second-order valence-corrected chi connectivity index (χ2v) is 14.9. The van der Waals surface area contributed by atoms with E-state index in [1.54, 1.807) is 0 Å². The molecule has 0 aliphatic heterocycles. The Morgan fingerprint density at radius 3 is 1.47 bits per heavy atom. The van der Waals surface area contributed by atoms with E-state index < -0.39 is 0 Å². The Kier molecular flexibility index (Phi) is 8.19. The van der Waals surface area contributed by atoms with Crippen LogP contribution in [0.4, 0.5) is 17.1 Å². The monoisotopic (exact) mass is 738 g/mol. The fraction of sp³-hybridized carbons (Fsp3) is 0. The number of anilines is 3. The van der Waals surface area contributed by atoms with Gasteiger partial charge in [0.15, 0.2) is 0 Å². The van der Waals surface area contributed by atoms with Crippen LogP contribution >= 0.6 is 0 Å². The molecule has 0 unspecified atom stereocenters. The molecule has 58 heavy (non-hydrogen) atoms. The first-order valence-corrected chi connectivity index (χ1v) is 19.9. The average molecular weight is 739 g/mol. The van der Waals surface area contributed by atoms with Gasteiger partial charge in [-0.2, -0.15) is 0 Å². The third-order valence-corrected chi connectivity index (χ3v) is 11.6. The van der Waals surface area contributed by atoms with Gasteiger partial charge >= 0.3 is 0 Å². The zero-order valence-corrected chi connectivity index (χ0v) is 31.8. The molecule has 0 saturated carbocycles. The van der Waals surface area contributed by atoms with E-state index in [9.17, 15) is 0 Å². The van der Waals surface area contributed by atoms with Gasteiger partial charge in [0, 0.05) is 33.5 Å². The standard InChI is InChI=1S/C56H38N2/c1-2-15-39(16-3-1)47-22-6-7-24-49(47)41-18-12-20-45(37-41)57(43-32-34-44(35-33-43)58-55-29-10-8-25-53(55)54-26-9-11-30-56(54)58)46-21-13-19-42(38-46)50-27-14-28-51-48-23-5-4-17-40(48)31-36-52(50)51/h1-38H. The smallest absolute Gasteiger partial charge is 0.0541 e. The largest absolute Gasteiger partial charge is 0.310 e. The van der Waals surface area contributed by atoms with Crippen LogP contribution in [-0.2, 0) is 0 Å². The molecule has 0 bridgehead atoms. The lowest BCUT2D eigenvalue weighted by Crippen LogP contribution is -2.10. The molecule has 0 saturated heterocycles. The molecule has 0 aliphatic rings. The van der Waals surface area contributed by atoms with Gasteiger partial charge in [0.25, 0.3) is 0 Å². The van der Waals surface area contributed by atoms with Crippen molar-refractivity contribution in [3.8, 4) is 39.1 Å². The van der Waals surface area contributed by atoms with E-state index >= 15 is 0 Å². The second kappa shape index (κ2) is 14.1. The highest BCUT2D eigenvalue weighted by Crippen LogP contribution is 2.42. The maximum atomic E-state index is 2.40. The number of nitrogens with zero attached hydrogens (tertiary/aromatic N) is 2. The molecule has 272 valence electrons. The van der Waals surface area contributed by atoms with Crippen LogP contribution in [0.5, 0.6) is 0 Å². The second-order valence-electron chi connectivity index (χ2n) is 14.9. The number of fused-ring (bicyclic) bond motifs is 6. The van der Waals surface area contributed by atoms with Crippen LogP contribution in [0.3, 0.4) is 0 Å². The minimum atomic E-state index is 1.08. The van der Waals surface area contributed by atoms with Gasteiger partial charge in [-0.15, -0.1) is 0 Å². The predicted octanol–water partition coefficient (Wildman–Crippen LogP) is 15.6. The van der Waals surface area contributed by atoms with Crippen molar-refractivity contribution >= 4 is 60.4 Å². The molecule has 1 heterocycles. The molecule has 0 amide bonds. The molecule has 10 aromatic carbocycles. The lowest BCUT2D eigenvalue weighted by molar-refractivity contribution is 1.17. The van der Waals surface area contributed by atoms with Gasteiger partial charge in [-0.05, 0) is 116 Å². The van der Waals surface area contributed by atoms with Gasteiger partial charge in [0.1, 0.15) is 0 Å². The van der Waals surface area contributed by atoms with E-state index in [-0.39, 0.29) is 0 Å². The molecule has 0 radical (unpaired) electrons. The molecule has 0 fully saturated rings. The van der Waals surface area contributed by atoms with Crippen LogP contribution in [0.1, 0.15) is 0 Å². The van der Waals surface area contributed by atoms with Crippen LogP contribution in [0.2, 0.25) is 0 Å². The maximum Gasteiger partial charge on any atom is 0.0541 e. The molecule has 1 aromatic heterocycles. The third-order valence-electron chi connectivity index (χ3n) is 11.6. The van der Waals surface area contributed by atoms with Crippen LogP contribution in [0.15, 0.2) is 231 Å². The number of benzene rings is 10. The Hall–Kier alpha value is -7.68. The van der Waals surface area contributed by atoms with Crippen molar-refractivity contribution in [2.24, 2.45) is 0 Å². The van der Waals surface area contributed by atoms with E-state index in [2.05, 4.69) is 240 Å². The van der Waals surface area contributed by atoms with Crippen LogP contribution < -0.4 is 4.90 Å². The number of hydrogen-bond acceptors (Lipinski definition) is 1. The molecule has 2 nitrogen and oxygen atoms in total. The summed E-state index contributed by atoms with van der Waals surface area (Å²) in [6, 6.07) is 83.7. The lowest BCUT2D eigenvalue weighted by Gasteiger charge is -2.27. The predicted molar refractivity (Wildman–Crippen MR) is 247 cm³/mol. The van der Waals surface area contributed by atoms with Gasteiger partial charge < -0.3 is 9.47 Å². The van der Waals surface area contributed by atoms with E-state index in [0.29, 0.717) is 0 Å². The molecule has 0 spiro atoms. The van der Waals surface area contributed by atoms with Gasteiger partial charge in [0.2, 0.25) is 0 Å². The Labute approximate surface area is 338 Å². The highest BCUT2D eigenvalue weighted by Gasteiger charge is 2.18. The van der Waals surface area contributed by atoms with Crippen molar-refractivity contribution in [2.75, 3.05) is 4.90 Å². The van der Waals surface area contributed by atoms with Crippen molar-refractivity contribution in [3.63, 3.8) is 0 Å². The summed E-state index contributed by atoms with van der Waals surface area (Å²) in [4.78, 5) is 2.40. The van der Waals surface area contributed by atoms with Crippen molar-refractivity contribution in [2.45, 2.75) is 0 Å². The number of hydrogen-bond donors (Lipinski definition) is 0. The molecule has 0 atom stereocenters. The van der Waals surface area contributed by atoms with Gasteiger partial charge in [0.05, 0.1) is 11.0 Å². The number of rotatable bonds is 7. The Morgan fingerprint density at radius 1 is 0.276 bits per heavy atom. The van der Waals surface area contributed by atoms with E-state index in [0.717, 1.165) is 22.7 Å². The highest BCUT2D eigenvalue weighted by molar-refractivity contribution is 6.12. The summed E-state index contributed by atoms with van der Waals surface area (Å²) >= 11 is 0. The zero-order valence-electron chi connectivity index (χ0n) is 31.8. The van der Waals surface area contributed by atoms with Crippen LogP contribution in [-0.4, -0.2) is 4.57 Å². The summed E-state index contributed by atoms with van der Waals surface area (Å²) in [5, 5.41) is 7.56. The molecular weight excluding hydrogens is 701 g/mol. The zero-order chi connectivity index (χ0) is 38.4. The summed E-state index contributed by atoms with van der Waals surface area (Å²) in [6.45, 7) is 0. The minimum absolute atomic E-state index is 1.08. The highest BCUT2D eigenvalue weighted by atomic mass is 15.1. The van der Waals surface area contributed by atoms with Crippen molar-refractivity contribution in [3.05, 3.63) is 231 Å².